The van der Waals surface area contributed by atoms with Gasteiger partial charge in [-0.1, -0.05) is 12.1 Å². The molecule has 1 aromatic heterocycles. The topological polar surface area (TPSA) is 48.7 Å². The van der Waals surface area contributed by atoms with E-state index in [0.29, 0.717) is 33.6 Å². The highest BCUT2D eigenvalue weighted by Gasteiger charge is 2.21. The fourth-order valence-corrected chi connectivity index (χ4v) is 3.02. The lowest BCUT2D eigenvalue weighted by Gasteiger charge is -2.16. The molecule has 4 nitrogen and oxygen atoms in total. The Balaban J connectivity index is 2.41. The summed E-state index contributed by atoms with van der Waals surface area (Å²) in [6.45, 7) is 3.65. The zero-order chi connectivity index (χ0) is 17.4. The van der Waals surface area contributed by atoms with E-state index < -0.39 is 0 Å². The van der Waals surface area contributed by atoms with Crippen LogP contribution < -0.4 is 14.9 Å². The van der Waals surface area contributed by atoms with Gasteiger partial charge >= 0.3 is 0 Å². The molecule has 1 heterocycles. The van der Waals surface area contributed by atoms with Crippen molar-refractivity contribution in [1.29, 1.82) is 0 Å². The summed E-state index contributed by atoms with van der Waals surface area (Å²) in [5.41, 5.74) is 2.59. The lowest BCUT2D eigenvalue weighted by molar-refractivity contribution is 0.388. The normalized spacial score (nSPS) is 10.9. The number of rotatable bonds is 3. The Kier molecular flexibility index (Phi) is 4.01. The number of hydrogen-bond acceptors (Lipinski definition) is 4. The highest BCUT2D eigenvalue weighted by Crippen LogP contribution is 2.39. The standard InChI is InChI=1S/C19H17FO4/c1-10-17(22-3)11(2)19-15(18(10)23-4)16(21)14(9-24-19)12-5-7-13(20)8-6-12/h5-9H,1-4H3. The SMILES string of the molecule is COc1c(C)c(OC)c2c(=O)c(-c3ccc(F)cc3)coc2c1C. The molecule has 0 fully saturated rings. The molecule has 24 heavy (non-hydrogen) atoms. The van der Waals surface area contributed by atoms with Crippen molar-refractivity contribution >= 4 is 11.0 Å². The minimum absolute atomic E-state index is 0.228. The van der Waals surface area contributed by atoms with Crippen LogP contribution in [0.15, 0.2) is 39.7 Å². The summed E-state index contributed by atoms with van der Waals surface area (Å²) in [7, 11) is 3.06. The molecule has 0 aliphatic heterocycles. The van der Waals surface area contributed by atoms with Gasteiger partial charge in [-0.3, -0.25) is 4.79 Å². The molecular weight excluding hydrogens is 311 g/mol. The molecule has 0 N–H and O–H groups in total. The zero-order valence-electron chi connectivity index (χ0n) is 13.9. The first-order valence-electron chi connectivity index (χ1n) is 7.42. The maximum absolute atomic E-state index is 13.1. The van der Waals surface area contributed by atoms with Gasteiger partial charge in [0.05, 0.1) is 19.8 Å². The van der Waals surface area contributed by atoms with Crippen LogP contribution in [-0.4, -0.2) is 14.2 Å². The first-order chi connectivity index (χ1) is 11.5. The Morgan fingerprint density at radius 3 is 2.17 bits per heavy atom. The maximum atomic E-state index is 13.1. The first-order valence-corrected chi connectivity index (χ1v) is 7.42. The van der Waals surface area contributed by atoms with E-state index in [1.165, 1.54) is 25.5 Å². The van der Waals surface area contributed by atoms with Crippen LogP contribution in [0.4, 0.5) is 4.39 Å². The Bertz CT molecular complexity index is 972. The Hall–Kier alpha value is -2.82. The molecule has 0 aliphatic carbocycles. The van der Waals surface area contributed by atoms with Crippen molar-refractivity contribution < 1.29 is 18.3 Å². The smallest absolute Gasteiger partial charge is 0.204 e. The van der Waals surface area contributed by atoms with Crippen molar-refractivity contribution in [2.75, 3.05) is 14.2 Å². The average Bonchev–Trinajstić information content (AvgIpc) is 2.57. The lowest BCUT2D eigenvalue weighted by atomic mass is 10.0. The van der Waals surface area contributed by atoms with Gasteiger partial charge in [-0.2, -0.15) is 0 Å². The Labute approximate surface area is 138 Å². The summed E-state index contributed by atoms with van der Waals surface area (Å²) in [6, 6.07) is 5.70. The largest absolute Gasteiger partial charge is 0.496 e. The van der Waals surface area contributed by atoms with E-state index in [1.807, 2.05) is 13.8 Å². The van der Waals surface area contributed by atoms with Crippen molar-refractivity contribution in [2.24, 2.45) is 0 Å². The zero-order valence-corrected chi connectivity index (χ0v) is 13.9. The van der Waals surface area contributed by atoms with Gasteiger partial charge in [-0.25, -0.2) is 4.39 Å². The summed E-state index contributed by atoms with van der Waals surface area (Å²) >= 11 is 0. The molecule has 0 radical (unpaired) electrons. The van der Waals surface area contributed by atoms with Gasteiger partial charge in [0.25, 0.3) is 0 Å². The van der Waals surface area contributed by atoms with Crippen LogP contribution in [-0.2, 0) is 0 Å². The number of aryl methyl sites for hydroxylation is 1. The number of fused-ring (bicyclic) bond motifs is 1. The van der Waals surface area contributed by atoms with Crippen molar-refractivity contribution in [1.82, 2.24) is 0 Å². The number of methoxy groups -OCH3 is 2. The molecule has 0 unspecified atom stereocenters. The molecule has 3 aromatic rings. The van der Waals surface area contributed by atoms with Gasteiger partial charge in [0.1, 0.15) is 34.5 Å². The maximum Gasteiger partial charge on any atom is 0.204 e. The van der Waals surface area contributed by atoms with Gasteiger partial charge < -0.3 is 13.9 Å². The van der Waals surface area contributed by atoms with Crippen LogP contribution >= 0.6 is 0 Å². The third-order valence-electron chi connectivity index (χ3n) is 4.15. The highest BCUT2D eigenvalue weighted by atomic mass is 19.1. The number of ether oxygens (including phenoxy) is 2. The molecule has 0 spiro atoms. The molecule has 0 saturated heterocycles. The lowest BCUT2D eigenvalue weighted by Crippen LogP contribution is -2.09. The van der Waals surface area contributed by atoms with Gasteiger partial charge in [0.2, 0.25) is 5.43 Å². The second-order valence-electron chi connectivity index (χ2n) is 5.51. The Morgan fingerprint density at radius 1 is 0.958 bits per heavy atom. The van der Waals surface area contributed by atoms with Crippen LogP contribution in [0.3, 0.4) is 0 Å². The van der Waals surface area contributed by atoms with Gasteiger partial charge in [-0.15, -0.1) is 0 Å². The first kappa shape index (κ1) is 16.1. The van der Waals surface area contributed by atoms with E-state index in [1.54, 1.807) is 19.2 Å². The molecule has 0 bridgehead atoms. The molecule has 3 rings (SSSR count). The van der Waals surface area contributed by atoms with Crippen molar-refractivity contribution in [3.8, 4) is 22.6 Å². The molecule has 5 heteroatoms. The van der Waals surface area contributed by atoms with Gasteiger partial charge in [-0.05, 0) is 31.5 Å². The monoisotopic (exact) mass is 328 g/mol. The van der Waals surface area contributed by atoms with Crippen LogP contribution in [0.2, 0.25) is 0 Å². The fourth-order valence-electron chi connectivity index (χ4n) is 3.02. The summed E-state index contributed by atoms with van der Waals surface area (Å²) in [5, 5.41) is 0.357. The van der Waals surface area contributed by atoms with Crippen LogP contribution in [0, 0.1) is 19.7 Å². The van der Waals surface area contributed by atoms with Crippen molar-refractivity contribution in [2.45, 2.75) is 13.8 Å². The second-order valence-corrected chi connectivity index (χ2v) is 5.51. The minimum Gasteiger partial charge on any atom is -0.496 e. The summed E-state index contributed by atoms with van der Waals surface area (Å²) in [6.07, 6.45) is 1.39. The number of benzene rings is 2. The number of halogens is 1. The summed E-state index contributed by atoms with van der Waals surface area (Å²) < 4.78 is 29.7. The van der Waals surface area contributed by atoms with Crippen molar-refractivity contribution in [3.05, 3.63) is 57.7 Å². The highest BCUT2D eigenvalue weighted by molar-refractivity contribution is 5.92. The van der Waals surface area contributed by atoms with Crippen LogP contribution in [0.1, 0.15) is 11.1 Å². The third-order valence-corrected chi connectivity index (χ3v) is 4.15. The predicted octanol–water partition coefficient (Wildman–Crippen LogP) is 4.23. The quantitative estimate of drug-likeness (QED) is 0.722. The average molecular weight is 328 g/mol. The minimum atomic E-state index is -0.363. The number of hydrogen-bond donors (Lipinski definition) is 0. The molecular formula is C19H17FO4. The summed E-state index contributed by atoms with van der Waals surface area (Å²) in [4.78, 5) is 13.0. The fraction of sp³-hybridized carbons (Fsp3) is 0.211. The Morgan fingerprint density at radius 2 is 1.58 bits per heavy atom. The molecule has 2 aromatic carbocycles. The third kappa shape index (κ3) is 2.33. The predicted molar refractivity (Wildman–Crippen MR) is 90.5 cm³/mol. The van der Waals surface area contributed by atoms with Crippen LogP contribution in [0.5, 0.6) is 11.5 Å². The second kappa shape index (κ2) is 6.00. The molecule has 0 aliphatic rings. The van der Waals surface area contributed by atoms with E-state index in [4.69, 9.17) is 13.9 Å². The van der Waals surface area contributed by atoms with E-state index in [-0.39, 0.29) is 11.2 Å². The molecule has 0 saturated carbocycles. The molecule has 0 atom stereocenters. The molecule has 124 valence electrons. The van der Waals surface area contributed by atoms with E-state index >= 15 is 0 Å². The van der Waals surface area contributed by atoms with E-state index in [9.17, 15) is 9.18 Å². The van der Waals surface area contributed by atoms with Gasteiger partial charge in [0, 0.05) is 11.1 Å². The van der Waals surface area contributed by atoms with Crippen LogP contribution in [0.25, 0.3) is 22.1 Å². The van der Waals surface area contributed by atoms with E-state index in [0.717, 1.165) is 11.1 Å². The molecule has 0 amide bonds. The van der Waals surface area contributed by atoms with Gasteiger partial charge in [0.15, 0.2) is 0 Å². The van der Waals surface area contributed by atoms with E-state index in [2.05, 4.69) is 0 Å². The summed E-state index contributed by atoms with van der Waals surface area (Å²) in [5.74, 6) is 0.681. The van der Waals surface area contributed by atoms with Crippen molar-refractivity contribution in [3.63, 3.8) is 0 Å².